The Labute approximate surface area is 125 Å². The average molecular weight is 289 g/mol. The third-order valence-corrected chi connectivity index (χ3v) is 4.61. The van der Waals surface area contributed by atoms with E-state index in [0.717, 1.165) is 24.0 Å². The molecule has 4 nitrogen and oxygen atoms in total. The fraction of sp³-hybridized carbons (Fsp3) is 0.529. The standard InChI is InChI=1S/C17H23NO3/c1-11-6-5-9-17(10-11,16(20)21)18-15(19)14-8-4-7-12(2)13(14)3/h4,7-8,11H,5-6,9-10H2,1-3H3,(H,18,19)(H,20,21). The van der Waals surface area contributed by atoms with Crippen molar-refractivity contribution in [2.24, 2.45) is 5.92 Å². The van der Waals surface area contributed by atoms with Gasteiger partial charge < -0.3 is 10.4 Å². The Kier molecular flexibility index (Phi) is 4.35. The minimum absolute atomic E-state index is 0.285. The lowest BCUT2D eigenvalue weighted by molar-refractivity contribution is -0.146. The molecule has 1 aromatic carbocycles. The molecule has 4 heteroatoms. The lowest BCUT2D eigenvalue weighted by atomic mass is 9.76. The highest BCUT2D eigenvalue weighted by Gasteiger charge is 2.43. The Balaban J connectivity index is 2.27. The van der Waals surface area contributed by atoms with Crippen LogP contribution in [-0.4, -0.2) is 22.5 Å². The van der Waals surface area contributed by atoms with Gasteiger partial charge in [-0.25, -0.2) is 4.79 Å². The van der Waals surface area contributed by atoms with E-state index in [9.17, 15) is 14.7 Å². The number of rotatable bonds is 3. The van der Waals surface area contributed by atoms with Crippen LogP contribution in [0.15, 0.2) is 18.2 Å². The molecule has 1 aliphatic rings. The average Bonchev–Trinajstić information content (AvgIpc) is 2.41. The summed E-state index contributed by atoms with van der Waals surface area (Å²) in [6.45, 7) is 5.88. The summed E-state index contributed by atoms with van der Waals surface area (Å²) in [5, 5.41) is 12.4. The molecule has 1 aliphatic carbocycles. The lowest BCUT2D eigenvalue weighted by Crippen LogP contribution is -2.56. The maximum atomic E-state index is 12.5. The molecule has 0 saturated heterocycles. The van der Waals surface area contributed by atoms with Crippen molar-refractivity contribution >= 4 is 11.9 Å². The van der Waals surface area contributed by atoms with Gasteiger partial charge in [0.25, 0.3) is 5.91 Å². The van der Waals surface area contributed by atoms with Crippen LogP contribution in [0.4, 0.5) is 0 Å². The van der Waals surface area contributed by atoms with Crippen LogP contribution in [0.25, 0.3) is 0 Å². The highest BCUT2D eigenvalue weighted by atomic mass is 16.4. The quantitative estimate of drug-likeness (QED) is 0.898. The Hall–Kier alpha value is -1.84. The van der Waals surface area contributed by atoms with Gasteiger partial charge in [-0.15, -0.1) is 0 Å². The van der Waals surface area contributed by atoms with E-state index in [2.05, 4.69) is 5.32 Å². The number of aryl methyl sites for hydroxylation is 1. The molecule has 1 fully saturated rings. The van der Waals surface area contributed by atoms with E-state index in [0.29, 0.717) is 24.3 Å². The highest BCUT2D eigenvalue weighted by Crippen LogP contribution is 2.33. The largest absolute Gasteiger partial charge is 0.480 e. The summed E-state index contributed by atoms with van der Waals surface area (Å²) in [6, 6.07) is 5.52. The van der Waals surface area contributed by atoms with Crippen LogP contribution in [0.1, 0.15) is 54.1 Å². The number of carboxylic acid groups (broad SMARTS) is 1. The van der Waals surface area contributed by atoms with E-state index in [1.165, 1.54) is 0 Å². The van der Waals surface area contributed by atoms with Gasteiger partial charge in [-0.3, -0.25) is 4.79 Å². The van der Waals surface area contributed by atoms with Gasteiger partial charge in [0.05, 0.1) is 0 Å². The summed E-state index contributed by atoms with van der Waals surface area (Å²) >= 11 is 0. The summed E-state index contributed by atoms with van der Waals surface area (Å²) in [6.07, 6.45) is 2.86. The molecule has 0 radical (unpaired) electrons. The first-order valence-corrected chi connectivity index (χ1v) is 7.48. The third kappa shape index (κ3) is 3.09. The molecule has 0 aromatic heterocycles. The van der Waals surface area contributed by atoms with Crippen molar-refractivity contribution in [2.45, 2.75) is 52.0 Å². The van der Waals surface area contributed by atoms with E-state index in [1.807, 2.05) is 32.9 Å². The molecule has 114 valence electrons. The molecule has 1 amide bonds. The molecule has 2 N–H and O–H groups in total. The second kappa shape index (κ2) is 5.88. The van der Waals surface area contributed by atoms with Gasteiger partial charge in [-0.2, -0.15) is 0 Å². The summed E-state index contributed by atoms with van der Waals surface area (Å²) in [5.41, 5.74) is 1.38. The molecule has 2 atom stereocenters. The second-order valence-corrected chi connectivity index (χ2v) is 6.29. The van der Waals surface area contributed by atoms with E-state index in [-0.39, 0.29) is 5.91 Å². The number of carbonyl (C=O) groups excluding carboxylic acids is 1. The number of benzene rings is 1. The molecule has 1 saturated carbocycles. The Bertz CT molecular complexity index is 567. The first-order valence-electron chi connectivity index (χ1n) is 7.48. The van der Waals surface area contributed by atoms with Crippen molar-refractivity contribution in [1.82, 2.24) is 5.32 Å². The summed E-state index contributed by atoms with van der Waals surface area (Å²) in [4.78, 5) is 24.3. The SMILES string of the molecule is Cc1cccc(C(=O)NC2(C(=O)O)CCCC(C)C2)c1C. The van der Waals surface area contributed by atoms with Gasteiger partial charge in [0.2, 0.25) is 0 Å². The smallest absolute Gasteiger partial charge is 0.329 e. The topological polar surface area (TPSA) is 66.4 Å². The fourth-order valence-electron chi connectivity index (χ4n) is 3.19. The van der Waals surface area contributed by atoms with E-state index < -0.39 is 11.5 Å². The van der Waals surface area contributed by atoms with Gasteiger partial charge in [-0.1, -0.05) is 31.9 Å². The molecule has 2 rings (SSSR count). The molecular formula is C17H23NO3. The fourth-order valence-corrected chi connectivity index (χ4v) is 3.19. The van der Waals surface area contributed by atoms with Crippen molar-refractivity contribution in [3.8, 4) is 0 Å². The normalized spacial score (nSPS) is 25.4. The molecule has 2 unspecified atom stereocenters. The van der Waals surface area contributed by atoms with Crippen LogP contribution in [0, 0.1) is 19.8 Å². The monoisotopic (exact) mass is 289 g/mol. The lowest BCUT2D eigenvalue weighted by Gasteiger charge is -2.37. The zero-order valence-electron chi connectivity index (χ0n) is 12.9. The molecule has 1 aromatic rings. The minimum atomic E-state index is -1.12. The van der Waals surface area contributed by atoms with E-state index in [4.69, 9.17) is 0 Å². The number of amides is 1. The van der Waals surface area contributed by atoms with E-state index >= 15 is 0 Å². The Morgan fingerprint density at radius 1 is 1.33 bits per heavy atom. The first-order chi connectivity index (χ1) is 9.85. The molecule has 0 heterocycles. The van der Waals surface area contributed by atoms with Crippen molar-refractivity contribution < 1.29 is 14.7 Å². The molecular weight excluding hydrogens is 266 g/mol. The van der Waals surface area contributed by atoms with Gasteiger partial charge >= 0.3 is 5.97 Å². The van der Waals surface area contributed by atoms with Gasteiger partial charge in [-0.05, 0) is 49.8 Å². The van der Waals surface area contributed by atoms with Crippen LogP contribution >= 0.6 is 0 Å². The molecule has 0 aliphatic heterocycles. The second-order valence-electron chi connectivity index (χ2n) is 6.29. The number of nitrogens with one attached hydrogen (secondary N) is 1. The maximum absolute atomic E-state index is 12.5. The number of hydrogen-bond acceptors (Lipinski definition) is 2. The zero-order chi connectivity index (χ0) is 15.6. The predicted molar refractivity (Wildman–Crippen MR) is 81.4 cm³/mol. The number of aliphatic carboxylic acids is 1. The van der Waals surface area contributed by atoms with Gasteiger partial charge in [0.1, 0.15) is 5.54 Å². The first kappa shape index (κ1) is 15.5. The summed E-state index contributed by atoms with van der Waals surface area (Å²) < 4.78 is 0. The Morgan fingerprint density at radius 3 is 2.67 bits per heavy atom. The third-order valence-electron chi connectivity index (χ3n) is 4.61. The number of carbonyl (C=O) groups is 2. The molecule has 21 heavy (non-hydrogen) atoms. The van der Waals surface area contributed by atoms with Crippen LogP contribution in [0.2, 0.25) is 0 Å². The zero-order valence-corrected chi connectivity index (χ0v) is 12.9. The van der Waals surface area contributed by atoms with Crippen molar-refractivity contribution in [3.63, 3.8) is 0 Å². The minimum Gasteiger partial charge on any atom is -0.480 e. The van der Waals surface area contributed by atoms with Crippen molar-refractivity contribution in [1.29, 1.82) is 0 Å². The van der Waals surface area contributed by atoms with Crippen LogP contribution in [0.3, 0.4) is 0 Å². The van der Waals surface area contributed by atoms with Crippen LogP contribution in [-0.2, 0) is 4.79 Å². The highest BCUT2D eigenvalue weighted by molar-refractivity contribution is 5.99. The van der Waals surface area contributed by atoms with Crippen molar-refractivity contribution in [3.05, 3.63) is 34.9 Å². The van der Waals surface area contributed by atoms with Gasteiger partial charge in [0, 0.05) is 5.56 Å². The maximum Gasteiger partial charge on any atom is 0.329 e. The molecule has 0 spiro atoms. The van der Waals surface area contributed by atoms with Crippen LogP contribution < -0.4 is 5.32 Å². The summed E-state index contributed by atoms with van der Waals surface area (Å²) in [7, 11) is 0. The number of carboxylic acids is 1. The Morgan fingerprint density at radius 2 is 2.05 bits per heavy atom. The van der Waals surface area contributed by atoms with Crippen LogP contribution in [0.5, 0.6) is 0 Å². The van der Waals surface area contributed by atoms with E-state index in [1.54, 1.807) is 6.07 Å². The molecule has 0 bridgehead atoms. The van der Waals surface area contributed by atoms with Gasteiger partial charge in [0.15, 0.2) is 0 Å². The summed E-state index contributed by atoms with van der Waals surface area (Å²) in [5.74, 6) is -0.894. The van der Waals surface area contributed by atoms with Crippen molar-refractivity contribution in [2.75, 3.05) is 0 Å². The predicted octanol–water partition coefficient (Wildman–Crippen LogP) is 3.07. The number of hydrogen-bond donors (Lipinski definition) is 2.